The third-order valence-corrected chi connectivity index (χ3v) is 2.14. The van der Waals surface area contributed by atoms with Crippen molar-refractivity contribution in [1.29, 1.82) is 0 Å². The van der Waals surface area contributed by atoms with E-state index in [1.54, 1.807) is 16.0 Å². The van der Waals surface area contributed by atoms with Crippen LogP contribution in [0.5, 0.6) is 0 Å². The molecule has 0 radical (unpaired) electrons. The second-order valence-electron chi connectivity index (χ2n) is 2.19. The van der Waals surface area contributed by atoms with Gasteiger partial charge in [-0.25, -0.2) is 0 Å². The summed E-state index contributed by atoms with van der Waals surface area (Å²) in [5.41, 5.74) is 6.40. The quantitative estimate of drug-likeness (QED) is 0.717. The minimum Gasteiger partial charge on any atom is -0.324 e. The topological polar surface area (TPSA) is 69.6 Å². The smallest absolute Gasteiger partial charge is 0.170 e. The van der Waals surface area contributed by atoms with Crippen LogP contribution in [0.1, 0.15) is 5.82 Å². The standard InChI is InChI=1S/C6H7N5S/c7-3-6-8-9-10-11(6)5-1-2-12-4-5/h1-2,4H,3,7H2. The van der Waals surface area contributed by atoms with Gasteiger partial charge in [-0.3, -0.25) is 0 Å². The van der Waals surface area contributed by atoms with Crippen molar-refractivity contribution in [2.75, 3.05) is 0 Å². The Bertz CT molecular complexity index is 352. The van der Waals surface area contributed by atoms with E-state index < -0.39 is 0 Å². The molecule has 0 aliphatic rings. The molecule has 0 bridgehead atoms. The molecule has 12 heavy (non-hydrogen) atoms. The zero-order valence-corrected chi connectivity index (χ0v) is 7.03. The first-order valence-corrected chi connectivity index (χ1v) is 4.36. The molecule has 0 spiro atoms. The van der Waals surface area contributed by atoms with E-state index in [2.05, 4.69) is 15.5 Å². The fourth-order valence-corrected chi connectivity index (χ4v) is 1.53. The fraction of sp³-hybridized carbons (Fsp3) is 0.167. The van der Waals surface area contributed by atoms with E-state index in [-0.39, 0.29) is 0 Å². The normalized spacial score (nSPS) is 10.4. The summed E-state index contributed by atoms with van der Waals surface area (Å²) in [7, 11) is 0. The molecular formula is C6H7N5S. The molecule has 0 aromatic carbocycles. The Kier molecular flexibility index (Phi) is 1.84. The minimum absolute atomic E-state index is 0.350. The SMILES string of the molecule is NCc1nnnn1-c1ccsc1. The van der Waals surface area contributed by atoms with Crippen LogP contribution in [0, 0.1) is 0 Å². The third-order valence-electron chi connectivity index (χ3n) is 1.47. The Morgan fingerprint density at radius 2 is 2.50 bits per heavy atom. The third kappa shape index (κ3) is 1.10. The van der Waals surface area contributed by atoms with Gasteiger partial charge in [0.15, 0.2) is 5.82 Å². The van der Waals surface area contributed by atoms with Crippen LogP contribution in [0.15, 0.2) is 16.8 Å². The lowest BCUT2D eigenvalue weighted by Gasteiger charge is -1.96. The van der Waals surface area contributed by atoms with Gasteiger partial charge in [-0.2, -0.15) is 16.0 Å². The Labute approximate surface area is 72.8 Å². The summed E-state index contributed by atoms with van der Waals surface area (Å²) < 4.78 is 1.64. The molecule has 0 aliphatic carbocycles. The molecule has 0 aliphatic heterocycles. The van der Waals surface area contributed by atoms with Crippen LogP contribution in [-0.4, -0.2) is 20.2 Å². The number of hydrogen-bond acceptors (Lipinski definition) is 5. The predicted molar refractivity (Wildman–Crippen MR) is 44.9 cm³/mol. The van der Waals surface area contributed by atoms with Gasteiger partial charge in [-0.05, 0) is 21.9 Å². The lowest BCUT2D eigenvalue weighted by molar-refractivity contribution is 0.764. The van der Waals surface area contributed by atoms with E-state index in [1.807, 2.05) is 16.8 Å². The van der Waals surface area contributed by atoms with E-state index >= 15 is 0 Å². The van der Waals surface area contributed by atoms with Crippen LogP contribution in [0.3, 0.4) is 0 Å². The number of nitrogens with two attached hydrogens (primary N) is 1. The molecular weight excluding hydrogens is 174 g/mol. The molecule has 2 aromatic heterocycles. The van der Waals surface area contributed by atoms with Crippen molar-refractivity contribution in [2.45, 2.75) is 6.54 Å². The Morgan fingerprint density at radius 1 is 1.58 bits per heavy atom. The highest BCUT2D eigenvalue weighted by Crippen LogP contribution is 2.11. The molecule has 0 fully saturated rings. The van der Waals surface area contributed by atoms with Gasteiger partial charge < -0.3 is 5.73 Å². The van der Waals surface area contributed by atoms with Crippen LogP contribution in [0.4, 0.5) is 0 Å². The number of rotatable bonds is 2. The highest BCUT2D eigenvalue weighted by atomic mass is 32.1. The average molecular weight is 181 g/mol. The number of thiophene rings is 1. The first-order chi connectivity index (χ1) is 5.92. The lowest BCUT2D eigenvalue weighted by Crippen LogP contribution is -2.06. The van der Waals surface area contributed by atoms with E-state index in [0.29, 0.717) is 12.4 Å². The summed E-state index contributed by atoms with van der Waals surface area (Å²) in [6.07, 6.45) is 0. The fourth-order valence-electron chi connectivity index (χ4n) is 0.911. The van der Waals surface area contributed by atoms with Crippen molar-refractivity contribution in [2.24, 2.45) is 5.73 Å². The molecule has 0 atom stereocenters. The molecule has 2 heterocycles. The van der Waals surface area contributed by atoms with E-state index in [4.69, 9.17) is 5.73 Å². The van der Waals surface area contributed by atoms with Crippen LogP contribution in [0.2, 0.25) is 0 Å². The second-order valence-corrected chi connectivity index (χ2v) is 2.97. The Balaban J connectivity index is 2.46. The largest absolute Gasteiger partial charge is 0.324 e. The van der Waals surface area contributed by atoms with Crippen LogP contribution in [0.25, 0.3) is 5.69 Å². The van der Waals surface area contributed by atoms with Gasteiger partial charge in [0, 0.05) is 5.38 Å². The monoisotopic (exact) mass is 181 g/mol. The van der Waals surface area contributed by atoms with Crippen LogP contribution < -0.4 is 5.73 Å². The van der Waals surface area contributed by atoms with Gasteiger partial charge >= 0.3 is 0 Å². The lowest BCUT2D eigenvalue weighted by atomic mass is 10.5. The number of aromatic nitrogens is 4. The minimum atomic E-state index is 0.350. The summed E-state index contributed by atoms with van der Waals surface area (Å²) in [4.78, 5) is 0. The molecule has 0 saturated carbocycles. The Morgan fingerprint density at radius 3 is 3.17 bits per heavy atom. The number of tetrazole rings is 1. The summed E-state index contributed by atoms with van der Waals surface area (Å²) in [5.74, 6) is 0.674. The van der Waals surface area contributed by atoms with Crippen LogP contribution >= 0.6 is 11.3 Å². The maximum atomic E-state index is 5.44. The highest BCUT2D eigenvalue weighted by Gasteiger charge is 2.05. The zero-order chi connectivity index (χ0) is 8.39. The second kappa shape index (κ2) is 3.00. The van der Waals surface area contributed by atoms with Gasteiger partial charge in [-0.1, -0.05) is 0 Å². The summed E-state index contributed by atoms with van der Waals surface area (Å²) in [6, 6.07) is 1.94. The van der Waals surface area contributed by atoms with Crippen molar-refractivity contribution < 1.29 is 0 Å². The molecule has 6 heteroatoms. The van der Waals surface area contributed by atoms with Gasteiger partial charge in [-0.15, -0.1) is 5.10 Å². The first-order valence-electron chi connectivity index (χ1n) is 3.41. The van der Waals surface area contributed by atoms with Gasteiger partial charge in [0.2, 0.25) is 0 Å². The molecule has 2 aromatic rings. The molecule has 2 N–H and O–H groups in total. The molecule has 62 valence electrons. The molecule has 5 nitrogen and oxygen atoms in total. The van der Waals surface area contributed by atoms with Gasteiger partial charge in [0.1, 0.15) is 0 Å². The summed E-state index contributed by atoms with van der Waals surface area (Å²) >= 11 is 1.60. The maximum absolute atomic E-state index is 5.44. The first kappa shape index (κ1) is 7.38. The van der Waals surface area contributed by atoms with Crippen molar-refractivity contribution in [1.82, 2.24) is 20.2 Å². The Hall–Kier alpha value is -1.27. The average Bonchev–Trinajstić information content (AvgIpc) is 2.74. The summed E-state index contributed by atoms with van der Waals surface area (Å²) in [6.45, 7) is 0.350. The van der Waals surface area contributed by atoms with Crippen LogP contribution in [-0.2, 0) is 6.54 Å². The van der Waals surface area contributed by atoms with E-state index in [1.165, 1.54) is 0 Å². The van der Waals surface area contributed by atoms with Crippen molar-refractivity contribution in [3.8, 4) is 5.69 Å². The molecule has 0 unspecified atom stereocenters. The highest BCUT2D eigenvalue weighted by molar-refractivity contribution is 7.08. The van der Waals surface area contributed by atoms with Crippen molar-refractivity contribution in [3.05, 3.63) is 22.7 Å². The van der Waals surface area contributed by atoms with Crippen molar-refractivity contribution in [3.63, 3.8) is 0 Å². The van der Waals surface area contributed by atoms with E-state index in [9.17, 15) is 0 Å². The van der Waals surface area contributed by atoms with Gasteiger partial charge in [0.05, 0.1) is 12.2 Å². The van der Waals surface area contributed by atoms with Gasteiger partial charge in [0.25, 0.3) is 0 Å². The number of nitrogens with zero attached hydrogens (tertiary/aromatic N) is 4. The van der Waals surface area contributed by atoms with Crippen molar-refractivity contribution >= 4 is 11.3 Å². The predicted octanol–water partition coefficient (Wildman–Crippen LogP) is 0.182. The number of hydrogen-bond donors (Lipinski definition) is 1. The summed E-state index contributed by atoms with van der Waals surface area (Å²) in [5, 5.41) is 15.1. The molecule has 0 saturated heterocycles. The zero-order valence-electron chi connectivity index (χ0n) is 6.21. The maximum Gasteiger partial charge on any atom is 0.170 e. The molecule has 0 amide bonds. The molecule has 2 rings (SSSR count). The van der Waals surface area contributed by atoms with E-state index in [0.717, 1.165) is 5.69 Å².